The van der Waals surface area contributed by atoms with Gasteiger partial charge in [-0.05, 0) is 65.1 Å². The number of ether oxygens (including phenoxy) is 1. The summed E-state index contributed by atoms with van der Waals surface area (Å²) in [5, 5.41) is 3.33. The highest BCUT2D eigenvalue weighted by Crippen LogP contribution is 2.19. The Morgan fingerprint density at radius 2 is 2.07 bits per heavy atom. The number of rotatable bonds is 7. The molecular formula is C19H16ClFIN3O2. The molecule has 1 unspecified atom stereocenters. The molecule has 1 aromatic heterocycles. The molecule has 0 radical (unpaired) electrons. The van der Waals surface area contributed by atoms with E-state index in [1.54, 1.807) is 43.0 Å². The Morgan fingerprint density at radius 1 is 1.30 bits per heavy atom. The van der Waals surface area contributed by atoms with Crippen molar-refractivity contribution in [2.24, 2.45) is 0 Å². The van der Waals surface area contributed by atoms with Crippen LogP contribution in [0, 0.1) is 9.39 Å². The Labute approximate surface area is 174 Å². The summed E-state index contributed by atoms with van der Waals surface area (Å²) in [4.78, 5) is 16.7. The first-order valence-corrected chi connectivity index (χ1v) is 9.57. The SMILES string of the molecule is O=C(NC(COc1ccc(F)cc1)Cn1ccnc1)c1ccc(I)cc1Cl. The van der Waals surface area contributed by atoms with Gasteiger partial charge in [-0.2, -0.15) is 0 Å². The molecule has 2 aromatic carbocycles. The summed E-state index contributed by atoms with van der Waals surface area (Å²) in [6, 6.07) is 10.6. The van der Waals surface area contributed by atoms with E-state index in [1.807, 2.05) is 10.6 Å². The maximum absolute atomic E-state index is 13.0. The lowest BCUT2D eigenvalue weighted by molar-refractivity contribution is 0.0915. The van der Waals surface area contributed by atoms with Crippen LogP contribution in [-0.2, 0) is 6.54 Å². The number of imidazole rings is 1. The monoisotopic (exact) mass is 499 g/mol. The van der Waals surface area contributed by atoms with E-state index in [1.165, 1.54) is 12.1 Å². The van der Waals surface area contributed by atoms with E-state index in [9.17, 15) is 9.18 Å². The summed E-state index contributed by atoms with van der Waals surface area (Å²) in [5.41, 5.74) is 0.398. The fourth-order valence-electron chi connectivity index (χ4n) is 2.45. The zero-order valence-corrected chi connectivity index (χ0v) is 17.0. The molecule has 0 bridgehead atoms. The van der Waals surface area contributed by atoms with Crippen LogP contribution in [0.15, 0.2) is 61.2 Å². The molecule has 0 spiro atoms. The molecule has 8 heteroatoms. The quantitative estimate of drug-likeness (QED) is 0.497. The highest BCUT2D eigenvalue weighted by Gasteiger charge is 2.17. The average Bonchev–Trinajstić information content (AvgIpc) is 3.14. The number of hydrogen-bond donors (Lipinski definition) is 1. The fourth-order valence-corrected chi connectivity index (χ4v) is 3.40. The number of nitrogens with zero attached hydrogens (tertiary/aromatic N) is 2. The van der Waals surface area contributed by atoms with E-state index in [2.05, 4.69) is 32.9 Å². The van der Waals surface area contributed by atoms with Crippen LogP contribution < -0.4 is 10.1 Å². The molecule has 0 aliphatic heterocycles. The van der Waals surface area contributed by atoms with E-state index in [0.717, 1.165) is 3.57 Å². The minimum atomic E-state index is -0.341. The summed E-state index contributed by atoms with van der Waals surface area (Å²) in [7, 11) is 0. The van der Waals surface area contributed by atoms with Crippen molar-refractivity contribution < 1.29 is 13.9 Å². The Morgan fingerprint density at radius 3 is 2.74 bits per heavy atom. The van der Waals surface area contributed by atoms with Gasteiger partial charge in [0.05, 0.1) is 23.0 Å². The van der Waals surface area contributed by atoms with Gasteiger partial charge in [-0.3, -0.25) is 4.79 Å². The summed E-state index contributed by atoms with van der Waals surface area (Å²) in [6.45, 7) is 0.673. The largest absolute Gasteiger partial charge is 0.491 e. The molecule has 1 amide bonds. The van der Waals surface area contributed by atoms with Crippen LogP contribution in [-0.4, -0.2) is 28.1 Å². The highest BCUT2D eigenvalue weighted by molar-refractivity contribution is 14.1. The third-order valence-corrected chi connectivity index (χ3v) is 4.75. The molecule has 0 saturated heterocycles. The number of nitrogens with one attached hydrogen (secondary N) is 1. The number of hydrogen-bond acceptors (Lipinski definition) is 3. The van der Waals surface area contributed by atoms with Gasteiger partial charge in [-0.15, -0.1) is 0 Å². The van der Waals surface area contributed by atoms with Gasteiger partial charge in [0.25, 0.3) is 5.91 Å². The van der Waals surface area contributed by atoms with Gasteiger partial charge in [0.2, 0.25) is 0 Å². The molecule has 27 heavy (non-hydrogen) atoms. The van der Waals surface area contributed by atoms with Crippen molar-refractivity contribution in [1.82, 2.24) is 14.9 Å². The maximum atomic E-state index is 13.0. The molecule has 5 nitrogen and oxygen atoms in total. The molecule has 0 fully saturated rings. The third kappa shape index (κ3) is 5.67. The normalized spacial score (nSPS) is 11.8. The summed E-state index contributed by atoms with van der Waals surface area (Å²) < 4.78 is 21.5. The van der Waals surface area contributed by atoms with Crippen molar-refractivity contribution in [3.63, 3.8) is 0 Å². The maximum Gasteiger partial charge on any atom is 0.253 e. The van der Waals surface area contributed by atoms with Crippen molar-refractivity contribution in [3.8, 4) is 5.75 Å². The highest BCUT2D eigenvalue weighted by atomic mass is 127. The van der Waals surface area contributed by atoms with Gasteiger partial charge in [-0.1, -0.05) is 11.6 Å². The number of benzene rings is 2. The Balaban J connectivity index is 1.70. The van der Waals surface area contributed by atoms with Crippen molar-refractivity contribution in [1.29, 1.82) is 0 Å². The second-order valence-corrected chi connectivity index (χ2v) is 7.47. The molecule has 1 N–H and O–H groups in total. The lowest BCUT2D eigenvalue weighted by Gasteiger charge is -2.20. The van der Waals surface area contributed by atoms with Crippen molar-refractivity contribution in [2.45, 2.75) is 12.6 Å². The molecule has 0 aliphatic carbocycles. The van der Waals surface area contributed by atoms with E-state index >= 15 is 0 Å². The molecule has 0 saturated carbocycles. The van der Waals surface area contributed by atoms with Crippen LogP contribution >= 0.6 is 34.2 Å². The van der Waals surface area contributed by atoms with Crippen molar-refractivity contribution in [2.75, 3.05) is 6.61 Å². The number of amides is 1. The number of halogens is 3. The zero-order valence-electron chi connectivity index (χ0n) is 14.1. The van der Waals surface area contributed by atoms with Crippen molar-refractivity contribution >= 4 is 40.1 Å². The van der Waals surface area contributed by atoms with Crippen molar-refractivity contribution in [3.05, 3.63) is 81.2 Å². The molecule has 1 atom stereocenters. The fraction of sp³-hybridized carbons (Fsp3) is 0.158. The Hall–Kier alpha value is -2.13. The smallest absolute Gasteiger partial charge is 0.253 e. The van der Waals surface area contributed by atoms with Crippen LogP contribution in [0.1, 0.15) is 10.4 Å². The van der Waals surface area contributed by atoms with E-state index in [-0.39, 0.29) is 24.4 Å². The molecule has 140 valence electrons. The molecule has 3 rings (SSSR count). The predicted molar refractivity (Wildman–Crippen MR) is 110 cm³/mol. The lowest BCUT2D eigenvalue weighted by Crippen LogP contribution is -2.42. The van der Waals surface area contributed by atoms with Crippen LogP contribution in [0.5, 0.6) is 5.75 Å². The summed E-state index contributed by atoms with van der Waals surface area (Å²) >= 11 is 8.33. The van der Waals surface area contributed by atoms with Crippen LogP contribution in [0.4, 0.5) is 4.39 Å². The first-order valence-electron chi connectivity index (χ1n) is 8.11. The molecule has 0 aliphatic rings. The molecular weight excluding hydrogens is 484 g/mol. The Kier molecular flexibility index (Phi) is 6.68. The first-order chi connectivity index (χ1) is 13.0. The van der Waals surface area contributed by atoms with E-state index in [4.69, 9.17) is 16.3 Å². The zero-order chi connectivity index (χ0) is 19.2. The topological polar surface area (TPSA) is 56.1 Å². The van der Waals surface area contributed by atoms with Gasteiger partial charge in [0.15, 0.2) is 0 Å². The van der Waals surface area contributed by atoms with Gasteiger partial charge >= 0.3 is 0 Å². The van der Waals surface area contributed by atoms with Gasteiger partial charge in [0, 0.05) is 22.5 Å². The van der Waals surface area contributed by atoms with Crippen LogP contribution in [0.3, 0.4) is 0 Å². The van der Waals surface area contributed by atoms with Crippen LogP contribution in [0.25, 0.3) is 0 Å². The number of aromatic nitrogens is 2. The third-order valence-electron chi connectivity index (χ3n) is 3.77. The van der Waals surface area contributed by atoms with E-state index < -0.39 is 0 Å². The number of carbonyl (C=O) groups excluding carboxylic acids is 1. The van der Waals surface area contributed by atoms with Crippen LogP contribution in [0.2, 0.25) is 5.02 Å². The summed E-state index contributed by atoms with van der Waals surface area (Å²) in [5.74, 6) is -0.100. The first kappa shape index (κ1) is 19.6. The van der Waals surface area contributed by atoms with Gasteiger partial charge in [-0.25, -0.2) is 9.37 Å². The predicted octanol–water partition coefficient (Wildman–Crippen LogP) is 4.16. The molecule has 3 aromatic rings. The standard InChI is InChI=1S/C19H16ClFIN3O2/c20-18-9-14(22)3-6-17(18)19(26)24-15(10-25-8-7-23-12-25)11-27-16-4-1-13(21)2-5-16/h1-9,12,15H,10-11H2,(H,24,26). The second-order valence-electron chi connectivity index (χ2n) is 5.82. The number of carbonyl (C=O) groups is 1. The minimum absolute atomic E-state index is 0.206. The van der Waals surface area contributed by atoms with Gasteiger partial charge in [0.1, 0.15) is 18.2 Å². The minimum Gasteiger partial charge on any atom is -0.491 e. The Bertz CT molecular complexity index is 904. The lowest BCUT2D eigenvalue weighted by atomic mass is 10.2. The summed E-state index contributed by atoms with van der Waals surface area (Å²) in [6.07, 6.45) is 5.12. The van der Waals surface area contributed by atoms with Gasteiger partial charge < -0.3 is 14.6 Å². The molecule has 1 heterocycles. The second kappa shape index (κ2) is 9.18. The van der Waals surface area contributed by atoms with E-state index in [0.29, 0.717) is 22.9 Å². The average molecular weight is 500 g/mol.